The highest BCUT2D eigenvalue weighted by atomic mass is 16.5. The Morgan fingerprint density at radius 3 is 2.55 bits per heavy atom. The lowest BCUT2D eigenvalue weighted by Gasteiger charge is -2.29. The molecule has 1 saturated heterocycles. The van der Waals surface area contributed by atoms with Crippen LogP contribution in [0.3, 0.4) is 0 Å². The molecule has 112 valence electrons. The van der Waals surface area contributed by atoms with E-state index in [-0.39, 0.29) is 6.04 Å². The Hall–Kier alpha value is -1.26. The quantitative estimate of drug-likeness (QED) is 0.898. The van der Waals surface area contributed by atoms with Crippen molar-refractivity contribution < 1.29 is 9.47 Å². The summed E-state index contributed by atoms with van der Waals surface area (Å²) in [6.45, 7) is 7.34. The minimum Gasteiger partial charge on any atom is -0.497 e. The largest absolute Gasteiger partial charge is 0.497 e. The minimum absolute atomic E-state index is 0.182. The highest BCUT2D eigenvalue weighted by molar-refractivity contribution is 5.42. The van der Waals surface area contributed by atoms with Gasteiger partial charge in [0.1, 0.15) is 11.5 Å². The number of nitrogens with zero attached hydrogens (tertiary/aromatic N) is 1. The first-order valence-corrected chi connectivity index (χ1v) is 7.17. The first-order chi connectivity index (χ1) is 9.50. The van der Waals surface area contributed by atoms with E-state index in [1.165, 1.54) is 6.42 Å². The third-order valence-electron chi connectivity index (χ3n) is 4.17. The van der Waals surface area contributed by atoms with E-state index in [4.69, 9.17) is 15.2 Å². The number of nitrogens with two attached hydrogens (primary N) is 1. The first-order valence-electron chi connectivity index (χ1n) is 7.17. The van der Waals surface area contributed by atoms with Gasteiger partial charge in [-0.15, -0.1) is 0 Å². The lowest BCUT2D eigenvalue weighted by Crippen LogP contribution is -2.33. The molecule has 1 aromatic rings. The highest BCUT2D eigenvalue weighted by Gasteiger charge is 2.34. The third-order valence-corrected chi connectivity index (χ3v) is 4.17. The maximum absolute atomic E-state index is 6.05. The molecule has 0 spiro atoms. The molecule has 1 aliphatic rings. The van der Waals surface area contributed by atoms with Gasteiger partial charge in [0.2, 0.25) is 0 Å². The highest BCUT2D eigenvalue weighted by Crippen LogP contribution is 2.38. The van der Waals surface area contributed by atoms with Crippen LogP contribution in [0.2, 0.25) is 0 Å². The van der Waals surface area contributed by atoms with E-state index in [1.807, 2.05) is 18.2 Å². The monoisotopic (exact) mass is 278 g/mol. The smallest absolute Gasteiger partial charge is 0.123 e. The summed E-state index contributed by atoms with van der Waals surface area (Å²) in [5, 5.41) is 0. The van der Waals surface area contributed by atoms with Crippen LogP contribution in [0.5, 0.6) is 11.5 Å². The summed E-state index contributed by atoms with van der Waals surface area (Å²) < 4.78 is 10.8. The van der Waals surface area contributed by atoms with Crippen LogP contribution in [0.25, 0.3) is 0 Å². The molecule has 0 aliphatic carbocycles. The molecule has 0 aromatic heterocycles. The molecule has 0 saturated carbocycles. The fourth-order valence-corrected chi connectivity index (χ4v) is 2.99. The Labute approximate surface area is 121 Å². The van der Waals surface area contributed by atoms with E-state index in [0.717, 1.165) is 30.2 Å². The Kier molecular flexibility index (Phi) is 4.55. The second-order valence-corrected chi connectivity index (χ2v) is 6.24. The van der Waals surface area contributed by atoms with Crippen molar-refractivity contribution in [3.63, 3.8) is 0 Å². The zero-order valence-electron chi connectivity index (χ0n) is 13.0. The third kappa shape index (κ3) is 3.07. The number of hydrogen-bond donors (Lipinski definition) is 1. The molecule has 1 aliphatic heterocycles. The summed E-state index contributed by atoms with van der Waals surface area (Å²) in [6.07, 6.45) is 1.20. The van der Waals surface area contributed by atoms with Crippen molar-refractivity contribution in [1.82, 2.24) is 4.90 Å². The van der Waals surface area contributed by atoms with Crippen LogP contribution in [0, 0.1) is 5.41 Å². The van der Waals surface area contributed by atoms with Gasteiger partial charge in [-0.25, -0.2) is 0 Å². The molecule has 1 aromatic carbocycles. The summed E-state index contributed by atoms with van der Waals surface area (Å²) in [5.41, 5.74) is 7.53. The normalized spacial score (nSPS) is 19.9. The topological polar surface area (TPSA) is 47.7 Å². The second kappa shape index (κ2) is 6.02. The van der Waals surface area contributed by atoms with Crippen molar-refractivity contribution in [2.24, 2.45) is 11.1 Å². The Bertz CT molecular complexity index is 460. The summed E-state index contributed by atoms with van der Waals surface area (Å²) in [7, 11) is 3.38. The molecule has 0 radical (unpaired) electrons. The molecule has 4 heteroatoms. The van der Waals surface area contributed by atoms with Gasteiger partial charge in [0.15, 0.2) is 0 Å². The number of methoxy groups -OCH3 is 2. The zero-order valence-corrected chi connectivity index (χ0v) is 13.0. The Morgan fingerprint density at radius 2 is 2.05 bits per heavy atom. The van der Waals surface area contributed by atoms with Crippen molar-refractivity contribution in [2.75, 3.05) is 33.9 Å². The standard InChI is InChI=1S/C16H26N2O2/c1-16(2)7-8-18(11-16)14(10-17)13-9-12(19-3)5-6-15(13)20-4/h5-6,9,14H,7-8,10-11,17H2,1-4H3. The molecular formula is C16H26N2O2. The van der Waals surface area contributed by atoms with Gasteiger partial charge in [0.25, 0.3) is 0 Å². The van der Waals surface area contributed by atoms with Crippen LogP contribution in [0.1, 0.15) is 31.9 Å². The SMILES string of the molecule is COc1ccc(OC)c(C(CN)N2CCC(C)(C)C2)c1. The van der Waals surface area contributed by atoms with Crippen molar-refractivity contribution in [3.8, 4) is 11.5 Å². The van der Waals surface area contributed by atoms with Crippen LogP contribution < -0.4 is 15.2 Å². The summed E-state index contributed by atoms with van der Waals surface area (Å²) in [4.78, 5) is 2.46. The average molecular weight is 278 g/mol. The number of ether oxygens (including phenoxy) is 2. The van der Waals surface area contributed by atoms with Crippen molar-refractivity contribution >= 4 is 0 Å². The first kappa shape index (κ1) is 15.1. The molecule has 2 rings (SSSR count). The predicted octanol–water partition coefficient (Wildman–Crippen LogP) is 2.44. The van der Waals surface area contributed by atoms with E-state index in [1.54, 1.807) is 14.2 Å². The van der Waals surface area contributed by atoms with Crippen molar-refractivity contribution in [2.45, 2.75) is 26.3 Å². The van der Waals surface area contributed by atoms with Gasteiger partial charge in [-0.2, -0.15) is 0 Å². The van der Waals surface area contributed by atoms with Crippen LogP contribution in [0.15, 0.2) is 18.2 Å². The van der Waals surface area contributed by atoms with Crippen molar-refractivity contribution in [3.05, 3.63) is 23.8 Å². The lowest BCUT2D eigenvalue weighted by molar-refractivity contribution is 0.218. The molecular weight excluding hydrogens is 252 g/mol. The van der Waals surface area contributed by atoms with Gasteiger partial charge in [-0.05, 0) is 36.6 Å². The maximum atomic E-state index is 6.05. The predicted molar refractivity (Wildman–Crippen MR) is 81.3 cm³/mol. The maximum Gasteiger partial charge on any atom is 0.123 e. The van der Waals surface area contributed by atoms with Gasteiger partial charge < -0.3 is 15.2 Å². The van der Waals surface area contributed by atoms with E-state index < -0.39 is 0 Å². The molecule has 1 atom stereocenters. The van der Waals surface area contributed by atoms with Gasteiger partial charge in [-0.1, -0.05) is 13.8 Å². The van der Waals surface area contributed by atoms with Crippen LogP contribution in [-0.2, 0) is 0 Å². The Morgan fingerprint density at radius 1 is 1.30 bits per heavy atom. The molecule has 20 heavy (non-hydrogen) atoms. The number of likely N-dealkylation sites (tertiary alicyclic amines) is 1. The van der Waals surface area contributed by atoms with Gasteiger partial charge in [0.05, 0.1) is 20.3 Å². The number of benzene rings is 1. The molecule has 2 N–H and O–H groups in total. The van der Waals surface area contributed by atoms with E-state index in [9.17, 15) is 0 Å². The van der Waals surface area contributed by atoms with E-state index >= 15 is 0 Å². The second-order valence-electron chi connectivity index (χ2n) is 6.24. The summed E-state index contributed by atoms with van der Waals surface area (Å²) in [5.74, 6) is 1.73. The number of rotatable bonds is 5. The fourth-order valence-electron chi connectivity index (χ4n) is 2.99. The molecule has 0 bridgehead atoms. The fraction of sp³-hybridized carbons (Fsp3) is 0.625. The molecule has 4 nitrogen and oxygen atoms in total. The minimum atomic E-state index is 0.182. The molecule has 1 heterocycles. The van der Waals surface area contributed by atoms with Gasteiger partial charge in [0, 0.05) is 18.7 Å². The van der Waals surface area contributed by atoms with E-state index in [0.29, 0.717) is 12.0 Å². The molecule has 1 unspecified atom stereocenters. The summed E-state index contributed by atoms with van der Waals surface area (Å²) in [6, 6.07) is 6.10. The Balaban J connectivity index is 2.31. The van der Waals surface area contributed by atoms with Crippen molar-refractivity contribution in [1.29, 1.82) is 0 Å². The average Bonchev–Trinajstić information content (AvgIpc) is 2.79. The van der Waals surface area contributed by atoms with Crippen LogP contribution in [0.4, 0.5) is 0 Å². The van der Waals surface area contributed by atoms with Crippen LogP contribution in [-0.4, -0.2) is 38.8 Å². The molecule has 1 fully saturated rings. The van der Waals surface area contributed by atoms with Gasteiger partial charge in [-0.3, -0.25) is 4.90 Å². The van der Waals surface area contributed by atoms with Crippen LogP contribution >= 0.6 is 0 Å². The lowest BCUT2D eigenvalue weighted by atomic mass is 9.93. The van der Waals surface area contributed by atoms with E-state index in [2.05, 4.69) is 18.7 Å². The summed E-state index contributed by atoms with van der Waals surface area (Å²) >= 11 is 0. The van der Waals surface area contributed by atoms with Gasteiger partial charge >= 0.3 is 0 Å². The molecule has 0 amide bonds. The number of hydrogen-bond acceptors (Lipinski definition) is 4. The zero-order chi connectivity index (χ0) is 14.8.